The number of hydrogen-bond acceptors (Lipinski definition) is 5. The van der Waals surface area contributed by atoms with Crippen LogP contribution in [-0.2, 0) is 16.6 Å². The SMILES string of the molecule is CN=C(NCCNS(=O)(=O)c1cccs1)N(C)Cc1ccccc1OC. The fraction of sp³-hybridized carbons (Fsp3) is 0.353. The standard InChI is InChI=1S/C17H24N4O3S2/c1-18-17(21(2)13-14-7-4-5-8-15(14)24-3)19-10-11-20-26(22,23)16-9-6-12-25-16/h4-9,12,20H,10-11,13H2,1-3H3,(H,18,19). The van der Waals surface area contributed by atoms with E-state index in [0.29, 0.717) is 23.3 Å². The van der Waals surface area contributed by atoms with Crippen LogP contribution < -0.4 is 14.8 Å². The van der Waals surface area contributed by atoms with Gasteiger partial charge in [0, 0.05) is 39.3 Å². The first kappa shape index (κ1) is 20.2. The third-order valence-electron chi connectivity index (χ3n) is 3.63. The normalized spacial score (nSPS) is 12.0. The molecule has 0 bridgehead atoms. The largest absolute Gasteiger partial charge is 0.496 e. The van der Waals surface area contributed by atoms with E-state index in [1.165, 1.54) is 11.3 Å². The molecule has 2 aromatic rings. The van der Waals surface area contributed by atoms with Crippen LogP contribution >= 0.6 is 11.3 Å². The minimum absolute atomic E-state index is 0.266. The summed E-state index contributed by atoms with van der Waals surface area (Å²) in [5.74, 6) is 1.49. The first-order valence-corrected chi connectivity index (χ1v) is 10.4. The van der Waals surface area contributed by atoms with Crippen molar-refractivity contribution < 1.29 is 13.2 Å². The number of guanidine groups is 1. The molecule has 0 aliphatic heterocycles. The van der Waals surface area contributed by atoms with Crippen molar-refractivity contribution in [3.05, 3.63) is 47.3 Å². The van der Waals surface area contributed by atoms with Crippen molar-refractivity contribution in [3.8, 4) is 5.75 Å². The molecule has 2 rings (SSSR count). The Hall–Kier alpha value is -2.10. The van der Waals surface area contributed by atoms with Crippen molar-refractivity contribution in [3.63, 3.8) is 0 Å². The van der Waals surface area contributed by atoms with E-state index in [2.05, 4.69) is 15.0 Å². The number of nitrogens with zero attached hydrogens (tertiary/aromatic N) is 2. The van der Waals surface area contributed by atoms with E-state index in [4.69, 9.17) is 4.74 Å². The van der Waals surface area contributed by atoms with E-state index >= 15 is 0 Å². The van der Waals surface area contributed by atoms with E-state index in [9.17, 15) is 8.42 Å². The van der Waals surface area contributed by atoms with Crippen molar-refractivity contribution in [2.45, 2.75) is 10.8 Å². The van der Waals surface area contributed by atoms with Crippen LogP contribution in [0, 0.1) is 0 Å². The second-order valence-electron chi connectivity index (χ2n) is 5.47. The Morgan fingerprint density at radius 1 is 1.23 bits per heavy atom. The van der Waals surface area contributed by atoms with Gasteiger partial charge >= 0.3 is 0 Å². The molecule has 0 atom stereocenters. The highest BCUT2D eigenvalue weighted by molar-refractivity contribution is 7.91. The van der Waals surface area contributed by atoms with Crippen LogP contribution in [0.2, 0.25) is 0 Å². The number of rotatable bonds is 8. The molecular weight excluding hydrogens is 372 g/mol. The topological polar surface area (TPSA) is 83.0 Å². The van der Waals surface area contributed by atoms with Gasteiger partial charge in [-0.05, 0) is 17.5 Å². The first-order chi connectivity index (χ1) is 12.5. The molecule has 142 valence electrons. The number of hydrogen-bond donors (Lipinski definition) is 2. The maximum absolute atomic E-state index is 12.1. The molecule has 26 heavy (non-hydrogen) atoms. The van der Waals surface area contributed by atoms with Crippen LogP contribution in [0.5, 0.6) is 5.75 Å². The van der Waals surface area contributed by atoms with E-state index in [-0.39, 0.29) is 6.54 Å². The molecule has 0 saturated heterocycles. The van der Waals surface area contributed by atoms with Gasteiger partial charge in [-0.15, -0.1) is 11.3 Å². The molecule has 0 spiro atoms. The van der Waals surface area contributed by atoms with Gasteiger partial charge < -0.3 is 15.0 Å². The smallest absolute Gasteiger partial charge is 0.250 e. The van der Waals surface area contributed by atoms with Crippen molar-refractivity contribution in [1.82, 2.24) is 14.9 Å². The average Bonchev–Trinajstić information content (AvgIpc) is 3.18. The molecule has 0 unspecified atom stereocenters. The lowest BCUT2D eigenvalue weighted by Gasteiger charge is -2.23. The Balaban J connectivity index is 1.85. The zero-order valence-electron chi connectivity index (χ0n) is 15.1. The summed E-state index contributed by atoms with van der Waals surface area (Å²) >= 11 is 1.19. The molecule has 2 N–H and O–H groups in total. The maximum Gasteiger partial charge on any atom is 0.250 e. The van der Waals surface area contributed by atoms with Gasteiger partial charge in [-0.1, -0.05) is 24.3 Å². The van der Waals surface area contributed by atoms with Gasteiger partial charge in [0.2, 0.25) is 10.0 Å². The third-order valence-corrected chi connectivity index (χ3v) is 6.49. The van der Waals surface area contributed by atoms with Gasteiger partial charge in [-0.3, -0.25) is 4.99 Å². The van der Waals surface area contributed by atoms with Crippen molar-refractivity contribution >= 4 is 27.3 Å². The molecule has 0 amide bonds. The van der Waals surface area contributed by atoms with Gasteiger partial charge in [-0.2, -0.15) is 0 Å². The predicted octanol–water partition coefficient (Wildman–Crippen LogP) is 1.74. The highest BCUT2D eigenvalue weighted by Crippen LogP contribution is 2.18. The van der Waals surface area contributed by atoms with Gasteiger partial charge in [0.15, 0.2) is 5.96 Å². The summed E-state index contributed by atoms with van der Waals surface area (Å²) in [6.45, 7) is 1.31. The van der Waals surface area contributed by atoms with Crippen molar-refractivity contribution in [2.24, 2.45) is 4.99 Å². The number of aliphatic imine (C=N–C) groups is 1. The fourth-order valence-electron chi connectivity index (χ4n) is 2.40. The van der Waals surface area contributed by atoms with E-state index in [1.54, 1.807) is 31.7 Å². The molecule has 0 aliphatic rings. The summed E-state index contributed by atoms with van der Waals surface area (Å²) in [7, 11) is 1.81. The lowest BCUT2D eigenvalue weighted by Crippen LogP contribution is -2.42. The lowest BCUT2D eigenvalue weighted by atomic mass is 10.2. The maximum atomic E-state index is 12.1. The zero-order valence-corrected chi connectivity index (χ0v) is 16.7. The van der Waals surface area contributed by atoms with E-state index in [1.807, 2.05) is 36.2 Å². The Kier molecular flexibility index (Phi) is 7.43. The molecule has 1 heterocycles. The predicted molar refractivity (Wildman–Crippen MR) is 105 cm³/mol. The number of methoxy groups -OCH3 is 1. The first-order valence-electron chi connectivity index (χ1n) is 8.05. The summed E-state index contributed by atoms with van der Waals surface area (Å²) in [5, 5.41) is 4.89. The van der Waals surface area contributed by atoms with Crippen LogP contribution in [0.25, 0.3) is 0 Å². The summed E-state index contributed by atoms with van der Waals surface area (Å²) in [5.41, 5.74) is 1.04. The quantitative estimate of drug-likeness (QED) is 0.403. The Labute approximate surface area is 158 Å². The second kappa shape index (κ2) is 9.56. The summed E-state index contributed by atoms with van der Waals surface area (Å²) < 4.78 is 32.4. The van der Waals surface area contributed by atoms with E-state index in [0.717, 1.165) is 11.3 Å². The Morgan fingerprint density at radius 3 is 2.65 bits per heavy atom. The molecule has 0 aliphatic carbocycles. The highest BCUT2D eigenvalue weighted by atomic mass is 32.2. The zero-order chi connectivity index (χ0) is 19.0. The Morgan fingerprint density at radius 2 is 2.00 bits per heavy atom. The van der Waals surface area contributed by atoms with Crippen molar-refractivity contribution in [2.75, 3.05) is 34.3 Å². The number of benzene rings is 1. The lowest BCUT2D eigenvalue weighted by molar-refractivity contribution is 0.396. The monoisotopic (exact) mass is 396 g/mol. The summed E-state index contributed by atoms with van der Waals surface area (Å²) in [6.07, 6.45) is 0. The van der Waals surface area contributed by atoms with E-state index < -0.39 is 10.0 Å². The van der Waals surface area contributed by atoms with Crippen molar-refractivity contribution in [1.29, 1.82) is 0 Å². The minimum atomic E-state index is -3.44. The molecule has 7 nitrogen and oxygen atoms in total. The molecular formula is C17H24N4O3S2. The second-order valence-corrected chi connectivity index (χ2v) is 8.41. The Bertz CT molecular complexity index is 820. The van der Waals surface area contributed by atoms with Crippen LogP contribution in [0.1, 0.15) is 5.56 Å². The van der Waals surface area contributed by atoms with Crippen LogP contribution in [0.3, 0.4) is 0 Å². The highest BCUT2D eigenvalue weighted by Gasteiger charge is 2.14. The molecule has 0 saturated carbocycles. The van der Waals surface area contributed by atoms with Gasteiger partial charge in [0.05, 0.1) is 7.11 Å². The average molecular weight is 397 g/mol. The number of sulfonamides is 1. The molecule has 1 aromatic carbocycles. The minimum Gasteiger partial charge on any atom is -0.496 e. The molecule has 0 radical (unpaired) electrons. The van der Waals surface area contributed by atoms with Gasteiger partial charge in [0.1, 0.15) is 9.96 Å². The number of para-hydroxylation sites is 1. The third kappa shape index (κ3) is 5.45. The fourth-order valence-corrected chi connectivity index (χ4v) is 4.47. The summed E-state index contributed by atoms with van der Waals surface area (Å²) in [6, 6.07) is 11.1. The van der Waals surface area contributed by atoms with Gasteiger partial charge in [0.25, 0.3) is 0 Å². The molecule has 1 aromatic heterocycles. The van der Waals surface area contributed by atoms with Crippen LogP contribution in [0.15, 0.2) is 51.0 Å². The van der Waals surface area contributed by atoms with Crippen LogP contribution in [0.4, 0.5) is 0 Å². The summed E-state index contributed by atoms with van der Waals surface area (Å²) in [4.78, 5) is 6.19. The number of nitrogens with one attached hydrogen (secondary N) is 2. The molecule has 9 heteroatoms. The number of ether oxygens (including phenoxy) is 1. The van der Waals surface area contributed by atoms with Crippen LogP contribution in [-0.4, -0.2) is 53.6 Å². The number of thiophene rings is 1. The van der Waals surface area contributed by atoms with Gasteiger partial charge in [-0.25, -0.2) is 13.1 Å². The molecule has 0 fully saturated rings.